The number of rotatable bonds is 11. The molecule has 0 bridgehead atoms. The van der Waals surface area contributed by atoms with E-state index in [4.69, 9.17) is 31.2 Å². The fraction of sp³-hybridized carbons (Fsp3) is 0.517. The predicted octanol–water partition coefficient (Wildman–Crippen LogP) is 5.49. The summed E-state index contributed by atoms with van der Waals surface area (Å²) in [5.74, 6) is 0.912. The fourth-order valence-electron chi connectivity index (χ4n) is 3.38. The third-order valence-electron chi connectivity index (χ3n) is 5.68. The van der Waals surface area contributed by atoms with Crippen molar-refractivity contribution in [1.29, 1.82) is 0 Å². The summed E-state index contributed by atoms with van der Waals surface area (Å²) in [4.78, 5) is 12.6. The van der Waals surface area contributed by atoms with Crippen molar-refractivity contribution < 1.29 is 23.7 Å². The largest absolute Gasteiger partial charge is 0.493 e. The highest BCUT2D eigenvalue weighted by molar-refractivity contribution is 7.80. The van der Waals surface area contributed by atoms with Crippen LogP contribution in [0, 0.1) is 5.41 Å². The van der Waals surface area contributed by atoms with Gasteiger partial charge in [-0.3, -0.25) is 4.79 Å². The molecule has 2 aromatic carbocycles. The monoisotopic (exact) mass is 530 g/mol. The number of hydrogen-bond acceptors (Lipinski definition) is 6. The number of nitrogens with one attached hydrogen (secondary N) is 2. The molecule has 8 heteroatoms. The summed E-state index contributed by atoms with van der Waals surface area (Å²) in [6.45, 7) is 12.7. The van der Waals surface area contributed by atoms with Crippen molar-refractivity contribution >= 4 is 23.3 Å². The van der Waals surface area contributed by atoms with Gasteiger partial charge >= 0.3 is 5.97 Å². The fourth-order valence-corrected chi connectivity index (χ4v) is 3.58. The predicted molar refractivity (Wildman–Crippen MR) is 151 cm³/mol. The van der Waals surface area contributed by atoms with Crippen LogP contribution < -0.4 is 20.1 Å². The van der Waals surface area contributed by atoms with Crippen LogP contribution in [0.15, 0.2) is 42.5 Å². The first kappa shape index (κ1) is 30.4. The molecule has 0 aliphatic heterocycles. The van der Waals surface area contributed by atoms with E-state index < -0.39 is 11.6 Å². The maximum absolute atomic E-state index is 12.6. The highest BCUT2D eigenvalue weighted by Gasteiger charge is 2.27. The van der Waals surface area contributed by atoms with Gasteiger partial charge in [-0.1, -0.05) is 51.1 Å². The second-order valence-electron chi connectivity index (χ2n) is 11.0. The highest BCUT2D eigenvalue weighted by Crippen LogP contribution is 2.28. The summed E-state index contributed by atoms with van der Waals surface area (Å²) >= 11 is 5.52. The lowest BCUT2D eigenvalue weighted by molar-refractivity contribution is -0.159. The molecule has 0 radical (unpaired) electrons. The quantitative estimate of drug-likeness (QED) is 0.224. The minimum atomic E-state index is -0.619. The third-order valence-corrected chi connectivity index (χ3v) is 5.94. The van der Waals surface area contributed by atoms with Crippen molar-refractivity contribution in [2.24, 2.45) is 5.41 Å². The van der Waals surface area contributed by atoms with Crippen LogP contribution in [0.1, 0.15) is 64.7 Å². The highest BCUT2D eigenvalue weighted by atomic mass is 32.1. The second-order valence-corrected chi connectivity index (χ2v) is 11.4. The molecule has 204 valence electrons. The first-order valence-electron chi connectivity index (χ1n) is 12.5. The molecule has 0 saturated carbocycles. The zero-order chi connectivity index (χ0) is 27.6. The number of carbonyl (C=O) groups excluding carboxylic acids is 1. The van der Waals surface area contributed by atoms with Crippen molar-refractivity contribution in [3.05, 3.63) is 59.2 Å². The van der Waals surface area contributed by atoms with E-state index in [1.54, 1.807) is 14.2 Å². The van der Waals surface area contributed by atoms with Crippen LogP contribution in [-0.4, -0.2) is 38.3 Å². The van der Waals surface area contributed by atoms with E-state index in [-0.39, 0.29) is 18.2 Å². The van der Waals surface area contributed by atoms with Crippen molar-refractivity contribution in [1.82, 2.24) is 10.6 Å². The zero-order valence-corrected chi connectivity index (χ0v) is 24.2. The SMILES string of the molecule is COCOc1ccc(CNC(=S)NC(CCc2ccc(C(C)(C)C)cc2)OC(=O)C(C)(C)C)cc1OC. The summed E-state index contributed by atoms with van der Waals surface area (Å²) in [5, 5.41) is 6.75. The summed E-state index contributed by atoms with van der Waals surface area (Å²) in [7, 11) is 3.15. The van der Waals surface area contributed by atoms with Crippen LogP contribution in [-0.2, 0) is 32.6 Å². The molecule has 2 aromatic rings. The van der Waals surface area contributed by atoms with Crippen molar-refractivity contribution in [2.75, 3.05) is 21.0 Å². The first-order chi connectivity index (χ1) is 17.3. The Balaban J connectivity index is 2.02. The maximum atomic E-state index is 12.6. The molecule has 0 fully saturated rings. The van der Waals surface area contributed by atoms with Crippen LogP contribution in [0.3, 0.4) is 0 Å². The lowest BCUT2D eigenvalue weighted by atomic mass is 9.86. The molecule has 0 heterocycles. The zero-order valence-electron chi connectivity index (χ0n) is 23.4. The van der Waals surface area contributed by atoms with Gasteiger partial charge in [-0.05, 0) is 73.6 Å². The Hall–Kier alpha value is -2.84. The normalized spacial score (nSPS) is 12.4. The van der Waals surface area contributed by atoms with Crippen LogP contribution in [0.25, 0.3) is 0 Å². The molecule has 0 aromatic heterocycles. The molecule has 1 atom stereocenters. The molecule has 0 aliphatic carbocycles. The standard InChI is InChI=1S/C29H42N2O5S/c1-28(2,3)22-13-9-20(10-14-22)12-16-25(36-26(32)29(4,5)6)31-27(37)30-18-21-11-15-23(35-19-33-7)24(17-21)34-8/h9-11,13-15,17,25H,12,16,18-19H2,1-8H3,(H2,30,31,37). The Morgan fingerprint density at radius 2 is 1.59 bits per heavy atom. The topological polar surface area (TPSA) is 78.0 Å². The molecule has 0 amide bonds. The molecule has 37 heavy (non-hydrogen) atoms. The average molecular weight is 531 g/mol. The van der Waals surface area contributed by atoms with Crippen LogP contribution >= 0.6 is 12.2 Å². The number of methoxy groups -OCH3 is 2. The first-order valence-corrected chi connectivity index (χ1v) is 12.9. The van der Waals surface area contributed by atoms with Gasteiger partial charge in [0.1, 0.15) is 0 Å². The molecular weight excluding hydrogens is 488 g/mol. The van der Waals surface area contributed by atoms with Crippen LogP contribution in [0.5, 0.6) is 11.5 Å². The number of benzene rings is 2. The van der Waals surface area contributed by atoms with E-state index in [1.807, 2.05) is 39.0 Å². The van der Waals surface area contributed by atoms with Gasteiger partial charge in [0.05, 0.1) is 12.5 Å². The van der Waals surface area contributed by atoms with E-state index in [1.165, 1.54) is 11.1 Å². The molecule has 0 saturated heterocycles. The van der Waals surface area contributed by atoms with Gasteiger partial charge in [-0.15, -0.1) is 0 Å². The second kappa shape index (κ2) is 13.6. The number of carbonyl (C=O) groups is 1. The number of hydrogen-bond donors (Lipinski definition) is 2. The lowest BCUT2D eigenvalue weighted by Crippen LogP contribution is -2.45. The Labute approximate surface area is 227 Å². The maximum Gasteiger partial charge on any atom is 0.313 e. The molecular formula is C29H42N2O5S. The van der Waals surface area contributed by atoms with Crippen molar-refractivity contribution in [2.45, 2.75) is 72.6 Å². The van der Waals surface area contributed by atoms with E-state index in [0.29, 0.717) is 29.6 Å². The third kappa shape index (κ3) is 10.2. The number of esters is 1. The van der Waals surface area contributed by atoms with Gasteiger partial charge in [0.25, 0.3) is 0 Å². The van der Waals surface area contributed by atoms with Crippen LogP contribution in [0.4, 0.5) is 0 Å². The van der Waals surface area contributed by atoms with E-state index >= 15 is 0 Å². The van der Waals surface area contributed by atoms with Gasteiger partial charge in [-0.2, -0.15) is 0 Å². The average Bonchev–Trinajstić information content (AvgIpc) is 2.84. The number of aryl methyl sites for hydroxylation is 1. The Morgan fingerprint density at radius 1 is 0.946 bits per heavy atom. The van der Waals surface area contributed by atoms with Crippen LogP contribution in [0.2, 0.25) is 0 Å². The molecule has 7 nitrogen and oxygen atoms in total. The van der Waals surface area contributed by atoms with Crippen molar-refractivity contribution in [3.63, 3.8) is 0 Å². The minimum absolute atomic E-state index is 0.101. The summed E-state index contributed by atoms with van der Waals surface area (Å²) in [6, 6.07) is 14.2. The Kier molecular flexibility index (Phi) is 11.2. The molecule has 2 N–H and O–H groups in total. The van der Waals surface area contributed by atoms with Gasteiger partial charge in [0, 0.05) is 20.1 Å². The van der Waals surface area contributed by atoms with E-state index in [2.05, 4.69) is 55.7 Å². The van der Waals surface area contributed by atoms with E-state index in [0.717, 1.165) is 12.0 Å². The molecule has 1 unspecified atom stereocenters. The summed E-state index contributed by atoms with van der Waals surface area (Å²) in [5.41, 5.74) is 2.89. The number of thiocarbonyl (C=S) groups is 1. The van der Waals surface area contributed by atoms with Gasteiger partial charge in [0.2, 0.25) is 0 Å². The molecule has 0 aliphatic rings. The summed E-state index contributed by atoms with van der Waals surface area (Å²) < 4.78 is 21.7. The minimum Gasteiger partial charge on any atom is -0.493 e. The molecule has 0 spiro atoms. The smallest absolute Gasteiger partial charge is 0.313 e. The summed E-state index contributed by atoms with van der Waals surface area (Å²) in [6.07, 6.45) is 0.758. The Morgan fingerprint density at radius 3 is 2.16 bits per heavy atom. The Bertz CT molecular complexity index is 1030. The van der Waals surface area contributed by atoms with Crippen molar-refractivity contribution in [3.8, 4) is 11.5 Å². The van der Waals surface area contributed by atoms with Gasteiger partial charge in [0.15, 0.2) is 29.6 Å². The number of ether oxygens (including phenoxy) is 4. The van der Waals surface area contributed by atoms with Gasteiger partial charge in [-0.25, -0.2) is 0 Å². The van der Waals surface area contributed by atoms with Gasteiger partial charge < -0.3 is 29.6 Å². The lowest BCUT2D eigenvalue weighted by Gasteiger charge is -2.25. The molecule has 2 rings (SSSR count). The van der Waals surface area contributed by atoms with E-state index in [9.17, 15) is 4.79 Å².